The topological polar surface area (TPSA) is 129 Å². The monoisotopic (exact) mass is 555 g/mol. The van der Waals surface area contributed by atoms with Gasteiger partial charge in [-0.3, -0.25) is 14.9 Å². The predicted octanol–water partition coefficient (Wildman–Crippen LogP) is 4.89. The molecule has 3 aromatic rings. The summed E-state index contributed by atoms with van der Waals surface area (Å²) < 4.78 is 17.0. The van der Waals surface area contributed by atoms with Crippen LogP contribution >= 0.6 is 15.9 Å². The Balaban J connectivity index is 1.57. The van der Waals surface area contributed by atoms with E-state index in [1.165, 1.54) is 30.5 Å². The van der Waals surface area contributed by atoms with Crippen LogP contribution in [0.2, 0.25) is 0 Å². The number of ether oxygens (including phenoxy) is 3. The molecule has 1 amide bonds. The average molecular weight is 556 g/mol. The average Bonchev–Trinajstić information content (AvgIpc) is 2.88. The molecule has 1 N–H and O–H groups in total. The largest absolute Gasteiger partial charge is 0.494 e. The van der Waals surface area contributed by atoms with Gasteiger partial charge in [0.15, 0.2) is 6.61 Å². The molecule has 0 radical (unpaired) electrons. The van der Waals surface area contributed by atoms with Crippen LogP contribution in [0.25, 0.3) is 0 Å². The Hall–Kier alpha value is -4.25. The van der Waals surface area contributed by atoms with Crippen LogP contribution in [0, 0.1) is 10.1 Å². The van der Waals surface area contributed by atoms with Gasteiger partial charge in [0.05, 0.1) is 23.3 Å². The first kappa shape index (κ1) is 26.4. The van der Waals surface area contributed by atoms with Gasteiger partial charge in [-0.2, -0.15) is 5.10 Å². The molecule has 10 nitrogen and oxygen atoms in total. The summed E-state index contributed by atoms with van der Waals surface area (Å²) in [5, 5.41) is 14.6. The fraction of sp³-hybridized carbons (Fsp3) is 0.160. The molecule has 0 saturated heterocycles. The Morgan fingerprint density at radius 3 is 2.36 bits per heavy atom. The van der Waals surface area contributed by atoms with E-state index in [1.54, 1.807) is 42.5 Å². The van der Waals surface area contributed by atoms with Gasteiger partial charge in [-0.1, -0.05) is 22.9 Å². The highest BCUT2D eigenvalue weighted by Crippen LogP contribution is 2.23. The second-order valence-electron chi connectivity index (χ2n) is 7.28. The van der Waals surface area contributed by atoms with E-state index >= 15 is 0 Å². The Kier molecular flexibility index (Phi) is 9.52. The summed E-state index contributed by atoms with van der Waals surface area (Å²) in [6.07, 6.45) is 2.21. The van der Waals surface area contributed by atoms with E-state index in [-0.39, 0.29) is 18.0 Å². The van der Waals surface area contributed by atoms with E-state index < -0.39 is 16.8 Å². The quantitative estimate of drug-likeness (QED) is 0.117. The van der Waals surface area contributed by atoms with Gasteiger partial charge in [0.2, 0.25) is 0 Å². The number of halogens is 1. The van der Waals surface area contributed by atoms with Crippen LogP contribution < -0.4 is 19.6 Å². The van der Waals surface area contributed by atoms with Crippen molar-refractivity contribution in [3.63, 3.8) is 0 Å². The van der Waals surface area contributed by atoms with E-state index in [4.69, 9.17) is 14.2 Å². The van der Waals surface area contributed by atoms with Gasteiger partial charge in [0, 0.05) is 22.2 Å². The van der Waals surface area contributed by atoms with Gasteiger partial charge in [0.1, 0.15) is 17.2 Å². The summed E-state index contributed by atoms with van der Waals surface area (Å²) in [5.74, 6) is 0.0942. The Morgan fingerprint density at radius 1 is 1.03 bits per heavy atom. The zero-order chi connectivity index (χ0) is 25.9. The number of nitrogens with one attached hydrogen (secondary N) is 1. The summed E-state index contributed by atoms with van der Waals surface area (Å²) in [6.45, 7) is 2.24. The fourth-order valence-corrected chi connectivity index (χ4v) is 3.18. The molecule has 0 unspecified atom stereocenters. The summed E-state index contributed by atoms with van der Waals surface area (Å²) >= 11 is 3.36. The second-order valence-corrected chi connectivity index (χ2v) is 8.19. The molecule has 0 heterocycles. The van der Waals surface area contributed by atoms with Crippen LogP contribution in [0.15, 0.2) is 76.3 Å². The van der Waals surface area contributed by atoms with Crippen LogP contribution in [0.5, 0.6) is 17.2 Å². The molecule has 0 aromatic heterocycles. The van der Waals surface area contributed by atoms with Gasteiger partial charge < -0.3 is 14.2 Å². The normalized spacial score (nSPS) is 10.6. The number of esters is 1. The van der Waals surface area contributed by atoms with Crippen LogP contribution in [0.3, 0.4) is 0 Å². The molecular formula is C25H22BrN3O7. The van der Waals surface area contributed by atoms with Gasteiger partial charge in [-0.15, -0.1) is 0 Å². The first-order valence-electron chi connectivity index (χ1n) is 10.8. The smallest absolute Gasteiger partial charge is 0.343 e. The lowest BCUT2D eigenvalue weighted by molar-refractivity contribution is -0.384. The van der Waals surface area contributed by atoms with Crippen LogP contribution in [0.4, 0.5) is 5.69 Å². The summed E-state index contributed by atoms with van der Waals surface area (Å²) in [6, 6.07) is 16.9. The molecule has 0 spiro atoms. The van der Waals surface area contributed by atoms with Crippen molar-refractivity contribution in [3.05, 3.63) is 92.4 Å². The minimum Gasteiger partial charge on any atom is -0.494 e. The number of non-ortho nitro benzene ring substituents is 1. The molecule has 0 aliphatic heterocycles. The van der Waals surface area contributed by atoms with Gasteiger partial charge in [-0.25, -0.2) is 10.2 Å². The molecule has 3 rings (SSSR count). The SMILES string of the molecule is CCCOc1ccc(C(=O)Oc2ccc(Br)cc2/C=N/NC(=O)COc2ccc([N+](=O)[O-])cc2)cc1. The lowest BCUT2D eigenvalue weighted by Crippen LogP contribution is -2.24. The molecule has 0 saturated carbocycles. The van der Waals surface area contributed by atoms with Crippen LogP contribution in [-0.2, 0) is 4.79 Å². The molecule has 3 aromatic carbocycles. The minimum atomic E-state index is -0.561. The summed E-state index contributed by atoms with van der Waals surface area (Å²) in [5.41, 5.74) is 3.02. The molecule has 0 bridgehead atoms. The first-order valence-corrected chi connectivity index (χ1v) is 11.6. The van der Waals surface area contributed by atoms with E-state index in [9.17, 15) is 19.7 Å². The van der Waals surface area contributed by atoms with Crippen molar-refractivity contribution in [2.24, 2.45) is 5.10 Å². The lowest BCUT2D eigenvalue weighted by atomic mass is 10.2. The van der Waals surface area contributed by atoms with Crippen molar-refractivity contribution in [2.75, 3.05) is 13.2 Å². The third kappa shape index (κ3) is 7.91. The van der Waals surface area contributed by atoms with E-state index in [2.05, 4.69) is 26.5 Å². The number of nitro groups is 1. The van der Waals surface area contributed by atoms with E-state index in [0.717, 1.165) is 6.42 Å². The standard InChI is InChI=1S/C25H22BrN3O7/c1-2-13-34-21-8-3-17(4-9-21)25(31)36-23-12-5-19(26)14-18(23)15-27-28-24(30)16-35-22-10-6-20(7-11-22)29(32)33/h3-12,14-15H,2,13,16H2,1H3,(H,28,30)/b27-15+. The second kappa shape index (κ2) is 13.0. The predicted molar refractivity (Wildman–Crippen MR) is 136 cm³/mol. The fourth-order valence-electron chi connectivity index (χ4n) is 2.80. The maximum atomic E-state index is 12.6. The Labute approximate surface area is 215 Å². The first-order chi connectivity index (χ1) is 17.4. The number of nitro benzene ring substituents is 1. The molecule has 11 heteroatoms. The van der Waals surface area contributed by atoms with Crippen molar-refractivity contribution in [3.8, 4) is 17.2 Å². The summed E-state index contributed by atoms with van der Waals surface area (Å²) in [7, 11) is 0. The molecule has 186 valence electrons. The van der Waals surface area contributed by atoms with Crippen LogP contribution in [-0.4, -0.2) is 36.2 Å². The van der Waals surface area contributed by atoms with E-state index in [1.807, 2.05) is 6.92 Å². The maximum Gasteiger partial charge on any atom is 0.343 e. The number of hydrogen-bond donors (Lipinski definition) is 1. The van der Waals surface area contributed by atoms with E-state index in [0.29, 0.717) is 33.7 Å². The minimum absolute atomic E-state index is 0.0834. The number of amides is 1. The molecule has 0 aliphatic carbocycles. The molecule has 0 aliphatic rings. The molecule has 0 fully saturated rings. The molecule has 0 atom stereocenters. The number of carbonyl (C=O) groups excluding carboxylic acids is 2. The van der Waals surface area contributed by atoms with Gasteiger partial charge in [0.25, 0.3) is 11.6 Å². The number of carbonyl (C=O) groups is 2. The number of rotatable bonds is 11. The van der Waals surface area contributed by atoms with Crippen LogP contribution in [0.1, 0.15) is 29.3 Å². The number of benzene rings is 3. The van der Waals surface area contributed by atoms with Crippen molar-refractivity contribution >= 4 is 39.7 Å². The number of nitrogens with zero attached hydrogens (tertiary/aromatic N) is 2. The zero-order valence-corrected chi connectivity index (χ0v) is 20.8. The molecule has 36 heavy (non-hydrogen) atoms. The third-order valence-corrected chi connectivity index (χ3v) is 5.04. The third-order valence-electron chi connectivity index (χ3n) is 4.55. The highest BCUT2D eigenvalue weighted by Gasteiger charge is 2.12. The maximum absolute atomic E-state index is 12.6. The van der Waals surface area contributed by atoms with Gasteiger partial charge >= 0.3 is 5.97 Å². The van der Waals surface area contributed by atoms with Crippen molar-refractivity contribution in [2.45, 2.75) is 13.3 Å². The number of hydrazone groups is 1. The van der Waals surface area contributed by atoms with Gasteiger partial charge in [-0.05, 0) is 61.0 Å². The zero-order valence-electron chi connectivity index (χ0n) is 19.2. The van der Waals surface area contributed by atoms with Crippen molar-refractivity contribution < 1.29 is 28.7 Å². The van der Waals surface area contributed by atoms with Crippen molar-refractivity contribution in [1.29, 1.82) is 0 Å². The Morgan fingerprint density at radius 2 is 1.69 bits per heavy atom. The summed E-state index contributed by atoms with van der Waals surface area (Å²) in [4.78, 5) is 34.8. The number of hydrogen-bond acceptors (Lipinski definition) is 8. The molecular weight excluding hydrogens is 534 g/mol. The highest BCUT2D eigenvalue weighted by molar-refractivity contribution is 9.10. The lowest BCUT2D eigenvalue weighted by Gasteiger charge is -2.09. The highest BCUT2D eigenvalue weighted by atomic mass is 79.9. The van der Waals surface area contributed by atoms with Crippen molar-refractivity contribution in [1.82, 2.24) is 5.43 Å². The Bertz CT molecular complexity index is 1250.